The summed E-state index contributed by atoms with van der Waals surface area (Å²) >= 11 is 0. The van der Waals surface area contributed by atoms with Gasteiger partial charge < -0.3 is 4.74 Å². The number of ether oxygens (including phenoxy) is 1. The Hall–Kier alpha value is -1.90. The lowest BCUT2D eigenvalue weighted by Gasteiger charge is -2.22. The minimum absolute atomic E-state index is 0.199. The third kappa shape index (κ3) is 4.85. The van der Waals surface area contributed by atoms with Crippen LogP contribution in [0.15, 0.2) is 30.3 Å². The van der Waals surface area contributed by atoms with Gasteiger partial charge in [-0.25, -0.2) is 0 Å². The van der Waals surface area contributed by atoms with E-state index in [0.29, 0.717) is 5.92 Å². The summed E-state index contributed by atoms with van der Waals surface area (Å²) in [6.45, 7) is 0. The molecule has 2 rings (SSSR count). The van der Waals surface area contributed by atoms with Gasteiger partial charge >= 0.3 is 5.97 Å². The number of carbonyl (C=O) groups excluding carboxylic acids is 2. The molecule has 0 unspecified atom stereocenters. The van der Waals surface area contributed by atoms with E-state index in [4.69, 9.17) is 0 Å². The molecule has 112 valence electrons. The summed E-state index contributed by atoms with van der Waals surface area (Å²) in [4.78, 5) is 22.6. The number of hydrogen-bond acceptors (Lipinski definition) is 3. The lowest BCUT2D eigenvalue weighted by atomic mass is 9.83. The zero-order valence-corrected chi connectivity index (χ0v) is 12.5. The second-order valence-electron chi connectivity index (χ2n) is 5.56. The number of rotatable bonds is 5. The van der Waals surface area contributed by atoms with Crippen molar-refractivity contribution in [2.24, 2.45) is 0 Å². The standard InChI is InChI=1S/C18H22O3/c1-21-18(20)13-17(19)11-10-14-6-5-9-16(12-14)15-7-3-2-4-8-15/h5-6,9-12,15H,2-4,7-8,13H2,1H3. The lowest BCUT2D eigenvalue weighted by Crippen LogP contribution is -2.06. The van der Waals surface area contributed by atoms with Gasteiger partial charge in [0.05, 0.1) is 7.11 Å². The van der Waals surface area contributed by atoms with Crippen LogP contribution in [0.4, 0.5) is 0 Å². The summed E-state index contributed by atoms with van der Waals surface area (Å²) in [6.07, 6.45) is 9.51. The minimum atomic E-state index is -0.499. The van der Waals surface area contributed by atoms with Gasteiger partial charge in [-0.2, -0.15) is 0 Å². The van der Waals surface area contributed by atoms with Crippen molar-refractivity contribution in [2.45, 2.75) is 44.4 Å². The summed E-state index contributed by atoms with van der Waals surface area (Å²) in [5.41, 5.74) is 2.37. The fourth-order valence-electron chi connectivity index (χ4n) is 2.82. The Labute approximate surface area is 126 Å². The highest BCUT2D eigenvalue weighted by Crippen LogP contribution is 2.32. The summed E-state index contributed by atoms with van der Waals surface area (Å²) in [6, 6.07) is 8.34. The monoisotopic (exact) mass is 286 g/mol. The van der Waals surface area contributed by atoms with Crippen LogP contribution in [-0.2, 0) is 14.3 Å². The van der Waals surface area contributed by atoms with Crippen molar-refractivity contribution in [1.29, 1.82) is 0 Å². The first-order valence-corrected chi connectivity index (χ1v) is 7.56. The molecule has 0 aromatic heterocycles. The van der Waals surface area contributed by atoms with Crippen LogP contribution in [0, 0.1) is 0 Å². The number of hydrogen-bond donors (Lipinski definition) is 0. The fourth-order valence-corrected chi connectivity index (χ4v) is 2.82. The molecule has 3 nitrogen and oxygen atoms in total. The molecule has 1 aliphatic rings. The van der Waals surface area contributed by atoms with Crippen LogP contribution in [0.1, 0.15) is 55.6 Å². The van der Waals surface area contributed by atoms with E-state index in [1.54, 1.807) is 6.08 Å². The Kier molecular flexibility index (Phi) is 5.73. The van der Waals surface area contributed by atoms with Crippen LogP contribution >= 0.6 is 0 Å². The van der Waals surface area contributed by atoms with E-state index in [-0.39, 0.29) is 12.2 Å². The normalized spacial score (nSPS) is 16.0. The summed E-state index contributed by atoms with van der Waals surface area (Å²) in [7, 11) is 1.28. The SMILES string of the molecule is COC(=O)CC(=O)C=Cc1cccc(C2CCCCC2)c1. The van der Waals surface area contributed by atoms with Crippen LogP contribution in [0.5, 0.6) is 0 Å². The number of carbonyl (C=O) groups is 2. The maximum Gasteiger partial charge on any atom is 0.313 e. The molecule has 1 aliphatic carbocycles. The molecule has 0 bridgehead atoms. The van der Waals surface area contributed by atoms with Crippen LogP contribution in [0.25, 0.3) is 6.08 Å². The zero-order valence-electron chi connectivity index (χ0n) is 12.5. The molecule has 0 radical (unpaired) electrons. The van der Waals surface area contributed by atoms with E-state index >= 15 is 0 Å². The predicted octanol–water partition coefficient (Wildman–Crippen LogP) is 3.88. The van der Waals surface area contributed by atoms with Crippen molar-refractivity contribution < 1.29 is 14.3 Å². The molecule has 1 fully saturated rings. The van der Waals surface area contributed by atoms with Gasteiger partial charge in [-0.1, -0.05) is 49.6 Å². The second kappa shape index (κ2) is 7.77. The van der Waals surface area contributed by atoms with Gasteiger partial charge in [-0.15, -0.1) is 0 Å². The predicted molar refractivity (Wildman–Crippen MR) is 82.9 cm³/mol. The van der Waals surface area contributed by atoms with Gasteiger partial charge in [0.15, 0.2) is 5.78 Å². The van der Waals surface area contributed by atoms with Crippen molar-refractivity contribution in [3.05, 3.63) is 41.5 Å². The van der Waals surface area contributed by atoms with Gasteiger partial charge in [0, 0.05) is 0 Å². The molecule has 3 heteroatoms. The van der Waals surface area contributed by atoms with Crippen molar-refractivity contribution >= 4 is 17.8 Å². The number of esters is 1. The number of methoxy groups -OCH3 is 1. The smallest absolute Gasteiger partial charge is 0.313 e. The lowest BCUT2D eigenvalue weighted by molar-refractivity contribution is -0.142. The van der Waals surface area contributed by atoms with Crippen LogP contribution in [0.2, 0.25) is 0 Å². The average molecular weight is 286 g/mol. The first-order chi connectivity index (χ1) is 10.2. The molecule has 0 atom stereocenters. The molecular formula is C18H22O3. The van der Waals surface area contributed by atoms with Gasteiger partial charge in [0.25, 0.3) is 0 Å². The molecular weight excluding hydrogens is 264 g/mol. The molecule has 0 spiro atoms. The van der Waals surface area contributed by atoms with Crippen LogP contribution < -0.4 is 0 Å². The summed E-state index contributed by atoms with van der Waals surface area (Å²) < 4.78 is 4.48. The summed E-state index contributed by atoms with van der Waals surface area (Å²) in [5.74, 6) is -0.0802. The largest absolute Gasteiger partial charge is 0.469 e. The zero-order chi connectivity index (χ0) is 15.1. The highest BCUT2D eigenvalue weighted by atomic mass is 16.5. The highest BCUT2D eigenvalue weighted by Gasteiger charge is 2.15. The third-order valence-corrected chi connectivity index (χ3v) is 4.00. The minimum Gasteiger partial charge on any atom is -0.469 e. The first kappa shape index (κ1) is 15.5. The van der Waals surface area contributed by atoms with E-state index in [0.717, 1.165) is 5.56 Å². The van der Waals surface area contributed by atoms with Crippen molar-refractivity contribution in [2.75, 3.05) is 7.11 Å². The third-order valence-electron chi connectivity index (χ3n) is 4.00. The molecule has 21 heavy (non-hydrogen) atoms. The molecule has 0 heterocycles. The molecule has 0 aliphatic heterocycles. The molecule has 0 amide bonds. The molecule has 0 N–H and O–H groups in total. The van der Waals surface area contributed by atoms with Gasteiger partial charge in [0.2, 0.25) is 0 Å². The molecule has 1 aromatic rings. The number of ketones is 1. The van der Waals surface area contributed by atoms with Crippen LogP contribution in [0.3, 0.4) is 0 Å². The fraction of sp³-hybridized carbons (Fsp3) is 0.444. The van der Waals surface area contributed by atoms with E-state index in [1.807, 2.05) is 12.1 Å². The maximum absolute atomic E-state index is 11.6. The Morgan fingerprint density at radius 2 is 2.00 bits per heavy atom. The second-order valence-corrected chi connectivity index (χ2v) is 5.56. The number of allylic oxidation sites excluding steroid dienone is 1. The Morgan fingerprint density at radius 1 is 1.24 bits per heavy atom. The molecule has 1 saturated carbocycles. The van der Waals surface area contributed by atoms with Crippen molar-refractivity contribution in [1.82, 2.24) is 0 Å². The Bertz CT molecular complexity index is 525. The first-order valence-electron chi connectivity index (χ1n) is 7.56. The van der Waals surface area contributed by atoms with Crippen molar-refractivity contribution in [3.8, 4) is 0 Å². The Morgan fingerprint density at radius 3 is 2.71 bits per heavy atom. The van der Waals surface area contributed by atoms with E-state index in [2.05, 4.69) is 16.9 Å². The molecule has 0 saturated heterocycles. The topological polar surface area (TPSA) is 43.4 Å². The summed E-state index contributed by atoms with van der Waals surface area (Å²) in [5, 5.41) is 0. The van der Waals surface area contributed by atoms with E-state index < -0.39 is 5.97 Å². The van der Waals surface area contributed by atoms with Crippen LogP contribution in [-0.4, -0.2) is 18.9 Å². The van der Waals surface area contributed by atoms with Crippen molar-refractivity contribution in [3.63, 3.8) is 0 Å². The number of benzene rings is 1. The van der Waals surface area contributed by atoms with E-state index in [1.165, 1.54) is 50.9 Å². The van der Waals surface area contributed by atoms with E-state index in [9.17, 15) is 9.59 Å². The molecule has 1 aromatic carbocycles. The van der Waals surface area contributed by atoms with Gasteiger partial charge in [-0.3, -0.25) is 9.59 Å². The highest BCUT2D eigenvalue weighted by molar-refractivity contribution is 6.03. The maximum atomic E-state index is 11.6. The quantitative estimate of drug-likeness (QED) is 0.468. The average Bonchev–Trinajstić information content (AvgIpc) is 2.54. The Balaban J connectivity index is 2.00. The van der Waals surface area contributed by atoms with Gasteiger partial charge in [0.1, 0.15) is 6.42 Å². The van der Waals surface area contributed by atoms with Gasteiger partial charge in [-0.05, 0) is 36.0 Å².